The first-order chi connectivity index (χ1) is 7.66. The summed E-state index contributed by atoms with van der Waals surface area (Å²) in [5.74, 6) is 5.96. The Morgan fingerprint density at radius 3 is 2.12 bits per heavy atom. The van der Waals surface area contributed by atoms with E-state index < -0.39 is 0 Å². The number of carbonyl (C=O) groups excluding carboxylic acids is 1. The molecule has 0 aliphatic carbocycles. The predicted octanol–water partition coefficient (Wildman–Crippen LogP) is -0.511. The average Bonchev–Trinajstić information content (AvgIpc) is 2.30. The summed E-state index contributed by atoms with van der Waals surface area (Å²) in [7, 11) is 0. The molecule has 0 unspecified atom stereocenters. The molecule has 0 aromatic carbocycles. The summed E-state index contributed by atoms with van der Waals surface area (Å²) < 4.78 is 0. The van der Waals surface area contributed by atoms with Gasteiger partial charge in [0.15, 0.2) is 0 Å². The molecular formula is C11H22N4O. The molecule has 5 heteroatoms. The van der Waals surface area contributed by atoms with Crippen molar-refractivity contribution in [3.05, 3.63) is 0 Å². The number of hydrogen-bond acceptors (Lipinski definition) is 4. The monoisotopic (exact) mass is 226 g/mol. The minimum absolute atomic E-state index is 0.205. The van der Waals surface area contributed by atoms with E-state index in [4.69, 9.17) is 5.84 Å². The Morgan fingerprint density at radius 1 is 1.06 bits per heavy atom. The number of piperidine rings is 1. The zero-order valence-corrected chi connectivity index (χ0v) is 10.1. The number of hydrazine groups is 1. The first-order valence-corrected chi connectivity index (χ1v) is 6.16. The van der Waals surface area contributed by atoms with Crippen molar-refractivity contribution in [3.8, 4) is 0 Å². The molecule has 0 spiro atoms. The Balaban J connectivity index is 1.78. The van der Waals surface area contributed by atoms with Crippen LogP contribution in [-0.4, -0.2) is 66.0 Å². The van der Waals surface area contributed by atoms with Crippen LogP contribution >= 0.6 is 0 Å². The predicted molar refractivity (Wildman–Crippen MR) is 62.6 cm³/mol. The first kappa shape index (κ1) is 11.8. The minimum atomic E-state index is 0.205. The van der Waals surface area contributed by atoms with E-state index in [1.165, 1.54) is 0 Å². The molecule has 0 aromatic rings. The van der Waals surface area contributed by atoms with Crippen molar-refractivity contribution in [2.75, 3.05) is 39.3 Å². The van der Waals surface area contributed by atoms with Crippen molar-refractivity contribution in [3.63, 3.8) is 0 Å². The van der Waals surface area contributed by atoms with E-state index in [0.29, 0.717) is 6.04 Å². The van der Waals surface area contributed by atoms with Crippen molar-refractivity contribution in [1.82, 2.24) is 14.8 Å². The van der Waals surface area contributed by atoms with Gasteiger partial charge in [0, 0.05) is 52.2 Å². The molecule has 2 heterocycles. The lowest BCUT2D eigenvalue weighted by atomic mass is 10.0. The van der Waals surface area contributed by atoms with Crippen LogP contribution in [0.3, 0.4) is 0 Å². The Bertz CT molecular complexity index is 242. The van der Waals surface area contributed by atoms with Crippen LogP contribution < -0.4 is 5.84 Å². The third kappa shape index (κ3) is 2.72. The number of nitrogens with zero attached hydrogens (tertiary/aromatic N) is 3. The maximum Gasteiger partial charge on any atom is 0.219 e. The summed E-state index contributed by atoms with van der Waals surface area (Å²) in [5.41, 5.74) is 0. The van der Waals surface area contributed by atoms with E-state index in [9.17, 15) is 4.79 Å². The standard InChI is InChI=1S/C11H22N4O/c1-10(16)13-6-8-14(9-7-13)11-2-4-15(12)5-3-11/h11H,2-9,12H2,1H3. The van der Waals surface area contributed by atoms with E-state index in [1.54, 1.807) is 6.92 Å². The van der Waals surface area contributed by atoms with Gasteiger partial charge >= 0.3 is 0 Å². The fourth-order valence-electron chi connectivity index (χ4n) is 2.65. The van der Waals surface area contributed by atoms with Gasteiger partial charge in [-0.2, -0.15) is 0 Å². The minimum Gasteiger partial charge on any atom is -0.340 e. The molecule has 0 atom stereocenters. The lowest BCUT2D eigenvalue weighted by Gasteiger charge is -2.41. The lowest BCUT2D eigenvalue weighted by Crippen LogP contribution is -2.54. The fraction of sp³-hybridized carbons (Fsp3) is 0.909. The third-order valence-electron chi connectivity index (χ3n) is 3.78. The van der Waals surface area contributed by atoms with Crippen molar-refractivity contribution in [2.24, 2.45) is 5.84 Å². The smallest absolute Gasteiger partial charge is 0.219 e. The van der Waals surface area contributed by atoms with Gasteiger partial charge in [-0.3, -0.25) is 15.5 Å². The van der Waals surface area contributed by atoms with Crippen LogP contribution in [0.4, 0.5) is 0 Å². The number of nitrogens with two attached hydrogens (primary N) is 1. The zero-order chi connectivity index (χ0) is 11.5. The number of piperazine rings is 1. The zero-order valence-electron chi connectivity index (χ0n) is 10.1. The van der Waals surface area contributed by atoms with E-state index in [0.717, 1.165) is 52.1 Å². The molecule has 2 N–H and O–H groups in total. The van der Waals surface area contributed by atoms with Gasteiger partial charge in [-0.25, -0.2) is 5.01 Å². The van der Waals surface area contributed by atoms with Gasteiger partial charge in [0.25, 0.3) is 0 Å². The van der Waals surface area contributed by atoms with Crippen LogP contribution in [-0.2, 0) is 4.79 Å². The van der Waals surface area contributed by atoms with Crippen molar-refractivity contribution in [2.45, 2.75) is 25.8 Å². The van der Waals surface area contributed by atoms with Crippen LogP contribution in [0.5, 0.6) is 0 Å². The van der Waals surface area contributed by atoms with Crippen LogP contribution in [0, 0.1) is 0 Å². The Hall–Kier alpha value is -0.650. The number of amides is 1. The number of carbonyl (C=O) groups is 1. The normalized spacial score (nSPS) is 26.0. The fourth-order valence-corrected chi connectivity index (χ4v) is 2.65. The van der Waals surface area contributed by atoms with Crippen molar-refractivity contribution >= 4 is 5.91 Å². The highest BCUT2D eigenvalue weighted by Crippen LogP contribution is 2.16. The Morgan fingerprint density at radius 2 is 1.62 bits per heavy atom. The second-order valence-electron chi connectivity index (χ2n) is 4.81. The van der Waals surface area contributed by atoms with Crippen LogP contribution in [0.1, 0.15) is 19.8 Å². The Labute approximate surface area is 97.1 Å². The van der Waals surface area contributed by atoms with Gasteiger partial charge in [0.2, 0.25) is 5.91 Å². The van der Waals surface area contributed by atoms with Gasteiger partial charge in [0.05, 0.1) is 0 Å². The highest BCUT2D eigenvalue weighted by Gasteiger charge is 2.27. The van der Waals surface area contributed by atoms with Gasteiger partial charge in [-0.1, -0.05) is 0 Å². The molecular weight excluding hydrogens is 204 g/mol. The van der Waals surface area contributed by atoms with E-state index in [2.05, 4.69) is 4.90 Å². The largest absolute Gasteiger partial charge is 0.340 e. The summed E-state index contributed by atoms with van der Waals surface area (Å²) in [6, 6.07) is 0.675. The van der Waals surface area contributed by atoms with Crippen molar-refractivity contribution in [1.29, 1.82) is 0 Å². The van der Waals surface area contributed by atoms with E-state index in [1.807, 2.05) is 9.91 Å². The number of rotatable bonds is 1. The molecule has 92 valence electrons. The molecule has 0 radical (unpaired) electrons. The van der Waals surface area contributed by atoms with Crippen LogP contribution in [0.15, 0.2) is 0 Å². The number of hydrogen-bond donors (Lipinski definition) is 1. The molecule has 0 bridgehead atoms. The summed E-state index contributed by atoms with van der Waals surface area (Å²) in [4.78, 5) is 15.7. The SMILES string of the molecule is CC(=O)N1CCN(C2CCN(N)CC2)CC1. The second kappa shape index (κ2) is 5.12. The molecule has 0 aromatic heterocycles. The molecule has 2 saturated heterocycles. The van der Waals surface area contributed by atoms with Crippen LogP contribution in [0.2, 0.25) is 0 Å². The maximum absolute atomic E-state index is 11.2. The lowest BCUT2D eigenvalue weighted by molar-refractivity contribution is -0.131. The topological polar surface area (TPSA) is 52.8 Å². The highest BCUT2D eigenvalue weighted by atomic mass is 16.2. The third-order valence-corrected chi connectivity index (χ3v) is 3.78. The summed E-state index contributed by atoms with van der Waals surface area (Å²) >= 11 is 0. The molecule has 2 aliphatic rings. The van der Waals surface area contributed by atoms with Crippen LogP contribution in [0.25, 0.3) is 0 Å². The van der Waals surface area contributed by atoms with Gasteiger partial charge < -0.3 is 4.90 Å². The Kier molecular flexibility index (Phi) is 3.78. The molecule has 1 amide bonds. The molecule has 2 fully saturated rings. The summed E-state index contributed by atoms with van der Waals surface area (Å²) in [6.45, 7) is 7.47. The highest BCUT2D eigenvalue weighted by molar-refractivity contribution is 5.73. The molecule has 16 heavy (non-hydrogen) atoms. The summed E-state index contributed by atoms with van der Waals surface area (Å²) in [5, 5.41) is 1.91. The molecule has 2 rings (SSSR count). The average molecular weight is 226 g/mol. The van der Waals surface area contributed by atoms with Gasteiger partial charge in [-0.15, -0.1) is 0 Å². The van der Waals surface area contributed by atoms with Crippen molar-refractivity contribution < 1.29 is 4.79 Å². The second-order valence-corrected chi connectivity index (χ2v) is 4.81. The molecule has 5 nitrogen and oxygen atoms in total. The molecule has 2 aliphatic heterocycles. The van der Waals surface area contributed by atoms with Gasteiger partial charge in [0.1, 0.15) is 0 Å². The van der Waals surface area contributed by atoms with E-state index in [-0.39, 0.29) is 5.91 Å². The van der Waals surface area contributed by atoms with Gasteiger partial charge in [-0.05, 0) is 12.8 Å². The first-order valence-electron chi connectivity index (χ1n) is 6.16. The summed E-state index contributed by atoms with van der Waals surface area (Å²) in [6.07, 6.45) is 2.33. The van der Waals surface area contributed by atoms with E-state index >= 15 is 0 Å². The maximum atomic E-state index is 11.2. The molecule has 0 saturated carbocycles. The quantitative estimate of drug-likeness (QED) is 0.612.